The van der Waals surface area contributed by atoms with Gasteiger partial charge in [-0.3, -0.25) is 4.79 Å². The highest BCUT2D eigenvalue weighted by molar-refractivity contribution is 5.78. The molecule has 1 fully saturated rings. The molecule has 1 saturated heterocycles. The minimum absolute atomic E-state index is 0.225. The van der Waals surface area contributed by atoms with Crippen LogP contribution in [-0.4, -0.2) is 29.0 Å². The Morgan fingerprint density at radius 2 is 2.30 bits per heavy atom. The van der Waals surface area contributed by atoms with Crippen molar-refractivity contribution in [3.63, 3.8) is 0 Å². The number of benzene rings is 1. The average Bonchev–Trinajstić information content (AvgIpc) is 2.84. The first-order chi connectivity index (χ1) is 9.65. The zero-order chi connectivity index (χ0) is 14.1. The SMILES string of the molecule is CC1=C(CCN2CCCC2=O)NOc2ccc(O)cc21. The number of hydrogen-bond acceptors (Lipinski definition) is 4. The Morgan fingerprint density at radius 1 is 1.45 bits per heavy atom. The second kappa shape index (κ2) is 5.07. The lowest BCUT2D eigenvalue weighted by molar-refractivity contribution is -0.127. The van der Waals surface area contributed by atoms with E-state index < -0.39 is 0 Å². The molecular formula is C15H18N2O3. The van der Waals surface area contributed by atoms with Gasteiger partial charge in [0.2, 0.25) is 5.91 Å². The molecule has 0 atom stereocenters. The van der Waals surface area contributed by atoms with Gasteiger partial charge in [-0.05, 0) is 37.1 Å². The maximum Gasteiger partial charge on any atom is 0.222 e. The van der Waals surface area contributed by atoms with E-state index in [9.17, 15) is 9.90 Å². The predicted octanol–water partition coefficient (Wildman–Crippen LogP) is 2.03. The summed E-state index contributed by atoms with van der Waals surface area (Å²) in [7, 11) is 0. The molecule has 2 heterocycles. The lowest BCUT2D eigenvalue weighted by Gasteiger charge is -2.24. The molecule has 20 heavy (non-hydrogen) atoms. The zero-order valence-electron chi connectivity index (χ0n) is 11.5. The van der Waals surface area contributed by atoms with Crippen LogP contribution >= 0.6 is 0 Å². The van der Waals surface area contributed by atoms with Crippen molar-refractivity contribution >= 4 is 11.5 Å². The number of likely N-dealkylation sites (tertiary alicyclic amines) is 1. The molecule has 0 aliphatic carbocycles. The Morgan fingerprint density at radius 3 is 3.05 bits per heavy atom. The van der Waals surface area contributed by atoms with Crippen molar-refractivity contribution < 1.29 is 14.7 Å². The molecule has 2 N–H and O–H groups in total. The van der Waals surface area contributed by atoms with Crippen LogP contribution < -0.4 is 10.3 Å². The first kappa shape index (κ1) is 12.8. The van der Waals surface area contributed by atoms with Crippen LogP contribution in [0.3, 0.4) is 0 Å². The topological polar surface area (TPSA) is 61.8 Å². The number of amides is 1. The van der Waals surface area contributed by atoms with Crippen molar-refractivity contribution in [2.75, 3.05) is 13.1 Å². The first-order valence-corrected chi connectivity index (χ1v) is 6.89. The second-order valence-electron chi connectivity index (χ2n) is 5.22. The highest BCUT2D eigenvalue weighted by Gasteiger charge is 2.22. The standard InChI is InChI=1S/C15H18N2O3/c1-10-12-9-11(18)4-5-14(12)20-16-13(10)6-8-17-7-2-3-15(17)19/h4-5,9,16,18H,2-3,6-8H2,1H3. The highest BCUT2D eigenvalue weighted by Crippen LogP contribution is 2.34. The van der Waals surface area contributed by atoms with Crippen molar-refractivity contribution in [3.05, 3.63) is 29.5 Å². The van der Waals surface area contributed by atoms with Crippen molar-refractivity contribution in [1.82, 2.24) is 10.4 Å². The third-order valence-electron chi connectivity index (χ3n) is 3.91. The molecular weight excluding hydrogens is 256 g/mol. The monoisotopic (exact) mass is 274 g/mol. The normalized spacial score (nSPS) is 17.9. The van der Waals surface area contributed by atoms with E-state index in [2.05, 4.69) is 5.48 Å². The average molecular weight is 274 g/mol. The molecule has 0 unspecified atom stereocenters. The summed E-state index contributed by atoms with van der Waals surface area (Å²) >= 11 is 0. The number of phenolic OH excluding ortho intramolecular Hbond substituents is 1. The van der Waals surface area contributed by atoms with E-state index >= 15 is 0 Å². The first-order valence-electron chi connectivity index (χ1n) is 6.89. The molecule has 106 valence electrons. The van der Waals surface area contributed by atoms with E-state index in [4.69, 9.17) is 4.84 Å². The van der Waals surface area contributed by atoms with Crippen LogP contribution in [0, 0.1) is 0 Å². The quantitative estimate of drug-likeness (QED) is 0.885. The Balaban J connectivity index is 1.76. The van der Waals surface area contributed by atoms with E-state index in [1.807, 2.05) is 11.8 Å². The van der Waals surface area contributed by atoms with Crippen LogP contribution in [0.4, 0.5) is 0 Å². The smallest absolute Gasteiger partial charge is 0.222 e. The Hall–Kier alpha value is -2.17. The third-order valence-corrected chi connectivity index (χ3v) is 3.91. The molecule has 0 saturated carbocycles. The zero-order valence-corrected chi connectivity index (χ0v) is 11.5. The van der Waals surface area contributed by atoms with Crippen molar-refractivity contribution in [2.24, 2.45) is 0 Å². The van der Waals surface area contributed by atoms with Gasteiger partial charge in [-0.2, -0.15) is 0 Å². The fraction of sp³-hybridized carbons (Fsp3) is 0.400. The third kappa shape index (κ3) is 2.31. The fourth-order valence-corrected chi connectivity index (χ4v) is 2.68. The summed E-state index contributed by atoms with van der Waals surface area (Å²) in [5.41, 5.74) is 5.85. The highest BCUT2D eigenvalue weighted by atomic mass is 16.6. The minimum atomic E-state index is 0.225. The summed E-state index contributed by atoms with van der Waals surface area (Å²) < 4.78 is 0. The van der Waals surface area contributed by atoms with Gasteiger partial charge >= 0.3 is 0 Å². The van der Waals surface area contributed by atoms with E-state index in [1.54, 1.807) is 18.2 Å². The Labute approximate surface area is 117 Å². The molecule has 0 aromatic heterocycles. The summed E-state index contributed by atoms with van der Waals surface area (Å²) in [6.45, 7) is 3.55. The van der Waals surface area contributed by atoms with Crippen LogP contribution in [0.1, 0.15) is 31.7 Å². The number of nitrogens with one attached hydrogen (secondary N) is 1. The van der Waals surface area contributed by atoms with Gasteiger partial charge in [-0.25, -0.2) is 5.48 Å². The molecule has 1 amide bonds. The van der Waals surface area contributed by atoms with Crippen molar-refractivity contribution in [2.45, 2.75) is 26.2 Å². The Kier molecular flexibility index (Phi) is 3.26. The van der Waals surface area contributed by atoms with Gasteiger partial charge in [-0.15, -0.1) is 0 Å². The number of carbonyl (C=O) groups is 1. The maximum absolute atomic E-state index is 11.6. The summed E-state index contributed by atoms with van der Waals surface area (Å²) in [6, 6.07) is 5.04. The van der Waals surface area contributed by atoms with Crippen molar-refractivity contribution in [1.29, 1.82) is 0 Å². The van der Waals surface area contributed by atoms with Crippen LogP contribution in [0.15, 0.2) is 23.9 Å². The van der Waals surface area contributed by atoms with Gasteiger partial charge in [0.05, 0.1) is 5.70 Å². The molecule has 2 aliphatic heterocycles. The van der Waals surface area contributed by atoms with E-state index in [0.717, 1.165) is 36.2 Å². The maximum atomic E-state index is 11.6. The summed E-state index contributed by atoms with van der Waals surface area (Å²) in [4.78, 5) is 19.0. The summed E-state index contributed by atoms with van der Waals surface area (Å²) in [5, 5.41) is 9.58. The molecule has 1 aromatic carbocycles. The number of hydroxylamine groups is 1. The van der Waals surface area contributed by atoms with Gasteiger partial charge in [0.25, 0.3) is 0 Å². The van der Waals surface area contributed by atoms with Crippen LogP contribution in [-0.2, 0) is 4.79 Å². The number of hydrogen-bond donors (Lipinski definition) is 2. The molecule has 3 rings (SSSR count). The number of fused-ring (bicyclic) bond motifs is 1. The van der Waals surface area contributed by atoms with E-state index in [-0.39, 0.29) is 11.7 Å². The molecule has 1 aromatic rings. The van der Waals surface area contributed by atoms with Gasteiger partial charge < -0.3 is 14.8 Å². The summed E-state index contributed by atoms with van der Waals surface area (Å²) in [5.74, 6) is 1.17. The molecule has 0 radical (unpaired) electrons. The summed E-state index contributed by atoms with van der Waals surface area (Å²) in [6.07, 6.45) is 2.35. The molecule has 5 nitrogen and oxygen atoms in total. The van der Waals surface area contributed by atoms with Gasteiger partial charge in [-0.1, -0.05) is 0 Å². The largest absolute Gasteiger partial charge is 0.508 e. The molecule has 2 aliphatic rings. The van der Waals surface area contributed by atoms with Gasteiger partial charge in [0, 0.05) is 31.5 Å². The van der Waals surface area contributed by atoms with Crippen LogP contribution in [0.2, 0.25) is 0 Å². The predicted molar refractivity (Wildman–Crippen MR) is 74.9 cm³/mol. The molecule has 5 heteroatoms. The fourth-order valence-electron chi connectivity index (χ4n) is 2.68. The Bertz CT molecular complexity index is 580. The van der Waals surface area contributed by atoms with Gasteiger partial charge in [0.1, 0.15) is 5.75 Å². The number of phenols is 1. The van der Waals surface area contributed by atoms with Crippen molar-refractivity contribution in [3.8, 4) is 11.5 Å². The number of rotatable bonds is 3. The number of aromatic hydroxyl groups is 1. The lowest BCUT2D eigenvalue weighted by Crippen LogP contribution is -2.30. The lowest BCUT2D eigenvalue weighted by atomic mass is 10.0. The number of carbonyl (C=O) groups excluding carboxylic acids is 1. The number of nitrogens with zero attached hydrogens (tertiary/aromatic N) is 1. The van der Waals surface area contributed by atoms with Crippen LogP contribution in [0.5, 0.6) is 11.5 Å². The van der Waals surface area contributed by atoms with E-state index in [1.165, 1.54) is 0 Å². The van der Waals surface area contributed by atoms with Gasteiger partial charge in [0.15, 0.2) is 5.75 Å². The second-order valence-corrected chi connectivity index (χ2v) is 5.22. The molecule has 0 bridgehead atoms. The van der Waals surface area contributed by atoms with E-state index in [0.29, 0.717) is 18.7 Å². The number of allylic oxidation sites excluding steroid dienone is 1. The molecule has 0 spiro atoms. The minimum Gasteiger partial charge on any atom is -0.508 e. The van der Waals surface area contributed by atoms with Crippen LogP contribution in [0.25, 0.3) is 5.57 Å².